The third-order valence-electron chi connectivity index (χ3n) is 4.45. The molecule has 11 heteroatoms. The van der Waals surface area contributed by atoms with Crippen LogP contribution >= 0.6 is 22.9 Å². The number of aromatic nitrogens is 2. The highest BCUT2D eigenvalue weighted by Crippen LogP contribution is 2.38. The van der Waals surface area contributed by atoms with Gasteiger partial charge in [0.05, 0.1) is 26.2 Å². The van der Waals surface area contributed by atoms with Crippen molar-refractivity contribution in [1.29, 1.82) is 0 Å². The molecule has 0 spiro atoms. The second kappa shape index (κ2) is 7.79. The number of alkyl halides is 3. The Bertz CT molecular complexity index is 1360. The molecule has 0 radical (unpaired) electrons. The average Bonchev–Trinajstić information content (AvgIpc) is 3.35. The minimum absolute atomic E-state index is 0.0293. The molecule has 0 fully saturated rings. The highest BCUT2D eigenvalue weighted by Gasteiger charge is 2.35. The molecule has 2 heterocycles. The zero-order valence-electron chi connectivity index (χ0n) is 15.5. The van der Waals surface area contributed by atoms with Crippen molar-refractivity contribution in [2.75, 3.05) is 0 Å². The van der Waals surface area contributed by atoms with Crippen molar-refractivity contribution in [2.45, 2.75) is 11.1 Å². The van der Waals surface area contributed by atoms with E-state index in [9.17, 15) is 21.6 Å². The van der Waals surface area contributed by atoms with Crippen molar-refractivity contribution in [3.63, 3.8) is 0 Å². The summed E-state index contributed by atoms with van der Waals surface area (Å²) in [7, 11) is -3.82. The number of hydrogen-bond donors (Lipinski definition) is 1. The molecule has 4 rings (SSSR count). The lowest BCUT2D eigenvalue weighted by atomic mass is 10.1. The number of rotatable bonds is 4. The van der Waals surface area contributed by atoms with E-state index in [1.54, 1.807) is 47.8 Å². The SMILES string of the molecule is NS(=O)(=O)c1ccc(-c2csc(-c3cc(C(F)(F)F)nn3-c3ccccc3Cl)c2)cc1. The monoisotopic (exact) mass is 483 g/mol. The fourth-order valence-corrected chi connectivity index (χ4v) is 4.61. The van der Waals surface area contributed by atoms with Gasteiger partial charge >= 0.3 is 6.18 Å². The molecule has 0 unspecified atom stereocenters. The molecular weight excluding hydrogens is 471 g/mol. The van der Waals surface area contributed by atoms with Gasteiger partial charge in [-0.05, 0) is 52.9 Å². The van der Waals surface area contributed by atoms with Gasteiger partial charge in [0, 0.05) is 0 Å². The number of thiophene rings is 1. The summed E-state index contributed by atoms with van der Waals surface area (Å²) in [6.07, 6.45) is -4.62. The minimum atomic E-state index is -4.62. The largest absolute Gasteiger partial charge is 0.435 e. The Morgan fingerprint density at radius 3 is 2.29 bits per heavy atom. The lowest BCUT2D eigenvalue weighted by Gasteiger charge is -2.08. The highest BCUT2D eigenvalue weighted by atomic mass is 35.5. The number of nitrogens with two attached hydrogens (primary N) is 1. The predicted molar refractivity (Wildman–Crippen MR) is 114 cm³/mol. The maximum Gasteiger partial charge on any atom is 0.435 e. The van der Waals surface area contributed by atoms with Crippen molar-refractivity contribution in [3.8, 4) is 27.4 Å². The Morgan fingerprint density at radius 1 is 1.00 bits per heavy atom. The topological polar surface area (TPSA) is 78.0 Å². The van der Waals surface area contributed by atoms with E-state index in [2.05, 4.69) is 5.10 Å². The van der Waals surface area contributed by atoms with Gasteiger partial charge < -0.3 is 0 Å². The molecule has 160 valence electrons. The van der Waals surface area contributed by atoms with Gasteiger partial charge in [-0.25, -0.2) is 18.2 Å². The fourth-order valence-electron chi connectivity index (χ4n) is 2.96. The van der Waals surface area contributed by atoms with Crippen molar-refractivity contribution in [2.24, 2.45) is 5.14 Å². The van der Waals surface area contributed by atoms with Crippen LogP contribution in [-0.4, -0.2) is 18.2 Å². The fraction of sp³-hybridized carbons (Fsp3) is 0.0500. The van der Waals surface area contributed by atoms with Gasteiger partial charge in [0.25, 0.3) is 0 Å². The van der Waals surface area contributed by atoms with Crippen LogP contribution in [0.2, 0.25) is 5.02 Å². The summed E-state index contributed by atoms with van der Waals surface area (Å²) in [6, 6.07) is 15.1. The molecule has 0 bridgehead atoms. The summed E-state index contributed by atoms with van der Waals surface area (Å²) >= 11 is 7.43. The molecule has 2 aromatic heterocycles. The maximum absolute atomic E-state index is 13.4. The lowest BCUT2D eigenvalue weighted by Crippen LogP contribution is -2.11. The molecule has 0 aliphatic heterocycles. The number of nitrogens with zero attached hydrogens (tertiary/aromatic N) is 2. The zero-order chi connectivity index (χ0) is 22.4. The Morgan fingerprint density at radius 2 is 1.68 bits per heavy atom. The highest BCUT2D eigenvalue weighted by molar-refractivity contribution is 7.89. The summed E-state index contributed by atoms with van der Waals surface area (Å²) in [5.41, 5.74) is 0.922. The van der Waals surface area contributed by atoms with E-state index >= 15 is 0 Å². The van der Waals surface area contributed by atoms with E-state index in [1.165, 1.54) is 28.2 Å². The average molecular weight is 484 g/mol. The van der Waals surface area contributed by atoms with Crippen molar-refractivity contribution < 1.29 is 21.6 Å². The van der Waals surface area contributed by atoms with Crippen LogP contribution in [0.3, 0.4) is 0 Å². The van der Waals surface area contributed by atoms with Crippen LogP contribution in [0.25, 0.3) is 27.4 Å². The van der Waals surface area contributed by atoms with Crippen molar-refractivity contribution in [1.82, 2.24) is 9.78 Å². The molecular formula is C20H13ClF3N3O2S2. The van der Waals surface area contributed by atoms with Crippen LogP contribution in [0, 0.1) is 0 Å². The summed E-state index contributed by atoms with van der Waals surface area (Å²) in [4.78, 5) is 0.506. The first kappa shape index (κ1) is 21.6. The molecule has 0 amide bonds. The Hall–Kier alpha value is -2.66. The molecule has 0 aliphatic rings. The van der Waals surface area contributed by atoms with Crippen LogP contribution in [0.1, 0.15) is 5.69 Å². The first-order chi connectivity index (χ1) is 14.5. The molecule has 2 aromatic carbocycles. The zero-order valence-corrected chi connectivity index (χ0v) is 17.9. The number of hydrogen-bond acceptors (Lipinski definition) is 4. The Labute approximate surface area is 184 Å². The number of benzene rings is 2. The second-order valence-electron chi connectivity index (χ2n) is 6.54. The van der Waals surface area contributed by atoms with Crippen LogP contribution in [0.15, 0.2) is 70.9 Å². The standard InChI is InChI=1S/C20H13ClF3N3O2S2/c21-15-3-1-2-4-16(15)27-17(10-19(26-27)20(22,23)24)18-9-13(11-30-18)12-5-7-14(8-6-12)31(25,28)29/h1-11H,(H2,25,28,29). The molecule has 5 nitrogen and oxygen atoms in total. The summed E-state index contributed by atoms with van der Waals surface area (Å²) < 4.78 is 64.1. The first-order valence-corrected chi connectivity index (χ1v) is 11.5. The maximum atomic E-state index is 13.4. The number of primary sulfonamides is 1. The van der Waals surface area contributed by atoms with Gasteiger partial charge in [-0.3, -0.25) is 0 Å². The van der Waals surface area contributed by atoms with Crippen LogP contribution in [-0.2, 0) is 16.2 Å². The summed E-state index contributed by atoms with van der Waals surface area (Å²) in [5.74, 6) is 0. The van der Waals surface area contributed by atoms with Gasteiger partial charge in [-0.1, -0.05) is 35.9 Å². The van der Waals surface area contributed by atoms with E-state index in [4.69, 9.17) is 16.7 Å². The van der Waals surface area contributed by atoms with E-state index in [-0.39, 0.29) is 15.6 Å². The summed E-state index contributed by atoms with van der Waals surface area (Å²) in [6.45, 7) is 0. The minimum Gasteiger partial charge on any atom is -0.230 e. The lowest BCUT2D eigenvalue weighted by molar-refractivity contribution is -0.141. The van der Waals surface area contributed by atoms with E-state index in [0.29, 0.717) is 21.7 Å². The molecule has 4 aromatic rings. The van der Waals surface area contributed by atoms with Gasteiger partial charge in [0.15, 0.2) is 5.69 Å². The molecule has 31 heavy (non-hydrogen) atoms. The van der Waals surface area contributed by atoms with Gasteiger partial charge in [0.2, 0.25) is 10.0 Å². The van der Waals surface area contributed by atoms with Gasteiger partial charge in [-0.15, -0.1) is 11.3 Å². The third kappa shape index (κ3) is 4.38. The molecule has 0 saturated heterocycles. The van der Waals surface area contributed by atoms with Crippen LogP contribution in [0.4, 0.5) is 13.2 Å². The Kier molecular flexibility index (Phi) is 5.42. The Balaban J connectivity index is 1.80. The molecule has 0 saturated carbocycles. The number of para-hydroxylation sites is 1. The van der Waals surface area contributed by atoms with Crippen LogP contribution in [0.5, 0.6) is 0 Å². The summed E-state index contributed by atoms with van der Waals surface area (Å²) in [5, 5.41) is 10.9. The van der Waals surface area contributed by atoms with Crippen LogP contribution < -0.4 is 5.14 Å². The van der Waals surface area contributed by atoms with E-state index in [0.717, 1.165) is 6.07 Å². The van der Waals surface area contributed by atoms with E-state index in [1.807, 2.05) is 0 Å². The normalized spacial score (nSPS) is 12.3. The van der Waals surface area contributed by atoms with Gasteiger partial charge in [0.1, 0.15) is 0 Å². The van der Waals surface area contributed by atoms with Gasteiger partial charge in [-0.2, -0.15) is 18.3 Å². The van der Waals surface area contributed by atoms with Crippen molar-refractivity contribution in [3.05, 3.63) is 76.8 Å². The quantitative estimate of drug-likeness (QED) is 0.411. The van der Waals surface area contributed by atoms with Crippen molar-refractivity contribution >= 4 is 33.0 Å². The van der Waals surface area contributed by atoms with E-state index < -0.39 is 21.9 Å². The molecule has 0 aliphatic carbocycles. The molecule has 2 N–H and O–H groups in total. The predicted octanol–water partition coefficient (Wildman–Crippen LogP) is 5.59. The molecule has 0 atom stereocenters. The first-order valence-electron chi connectivity index (χ1n) is 8.68. The number of halogens is 4. The number of sulfonamides is 1. The third-order valence-corrected chi connectivity index (χ3v) is 6.65. The smallest absolute Gasteiger partial charge is 0.230 e. The second-order valence-corrected chi connectivity index (χ2v) is 9.42.